The Balaban J connectivity index is 1.59. The second kappa shape index (κ2) is 6.92. The first kappa shape index (κ1) is 16.8. The van der Waals surface area contributed by atoms with Crippen LogP contribution in [0.4, 0.5) is 16.0 Å². The first-order valence-electron chi connectivity index (χ1n) is 8.28. The molecule has 1 amide bonds. The second-order valence-electron chi connectivity index (χ2n) is 6.07. The van der Waals surface area contributed by atoms with E-state index in [1.165, 1.54) is 23.9 Å². The number of carbonyl (C=O) groups excluding carboxylic acids is 1. The van der Waals surface area contributed by atoms with Crippen LogP contribution in [0, 0.1) is 5.82 Å². The third kappa shape index (κ3) is 3.22. The molecular formula is C19H17FN4OS. The van der Waals surface area contributed by atoms with Gasteiger partial charge in [-0.3, -0.25) is 9.69 Å². The van der Waals surface area contributed by atoms with E-state index >= 15 is 0 Å². The van der Waals surface area contributed by atoms with Gasteiger partial charge in [-0.25, -0.2) is 14.4 Å². The number of halogens is 1. The molecule has 0 spiro atoms. The highest BCUT2D eigenvalue weighted by atomic mass is 32.2. The van der Waals surface area contributed by atoms with Gasteiger partial charge in [-0.2, -0.15) is 0 Å². The molecular weight excluding hydrogens is 351 g/mol. The molecule has 4 rings (SSSR count). The molecule has 0 atom stereocenters. The molecule has 0 fully saturated rings. The molecule has 0 saturated carbocycles. The van der Waals surface area contributed by atoms with Crippen molar-refractivity contribution < 1.29 is 9.18 Å². The Hall–Kier alpha value is -2.67. The fourth-order valence-corrected chi connectivity index (χ4v) is 3.65. The van der Waals surface area contributed by atoms with E-state index in [-0.39, 0.29) is 17.5 Å². The summed E-state index contributed by atoms with van der Waals surface area (Å²) in [7, 11) is 1.96. The Morgan fingerprint density at radius 2 is 1.69 bits per heavy atom. The Bertz CT molecular complexity index is 963. The number of anilines is 2. The molecule has 1 aliphatic rings. The molecule has 0 unspecified atom stereocenters. The SMILES string of the molecule is CN1CCN(C(=O)CSc2ccc(F)cc2)c2nc3ccccc3nc21. The lowest BCUT2D eigenvalue weighted by Gasteiger charge is -2.33. The van der Waals surface area contributed by atoms with Gasteiger partial charge >= 0.3 is 0 Å². The molecule has 26 heavy (non-hydrogen) atoms. The molecule has 2 heterocycles. The number of para-hydroxylation sites is 2. The van der Waals surface area contributed by atoms with Gasteiger partial charge in [0.1, 0.15) is 5.82 Å². The van der Waals surface area contributed by atoms with Crippen LogP contribution in [0.5, 0.6) is 0 Å². The number of likely N-dealkylation sites (N-methyl/N-ethyl adjacent to an activating group) is 1. The summed E-state index contributed by atoms with van der Waals surface area (Å²) in [5, 5.41) is 0. The minimum atomic E-state index is -0.282. The van der Waals surface area contributed by atoms with E-state index in [1.54, 1.807) is 17.0 Å². The number of benzene rings is 2. The van der Waals surface area contributed by atoms with Crippen LogP contribution in [-0.4, -0.2) is 41.8 Å². The summed E-state index contributed by atoms with van der Waals surface area (Å²) in [5.41, 5.74) is 1.58. The van der Waals surface area contributed by atoms with Crippen LogP contribution in [0.3, 0.4) is 0 Å². The van der Waals surface area contributed by atoms with Gasteiger partial charge < -0.3 is 4.90 Å². The molecule has 0 aliphatic carbocycles. The average Bonchev–Trinajstić information content (AvgIpc) is 2.66. The smallest absolute Gasteiger partial charge is 0.238 e. The monoisotopic (exact) mass is 368 g/mol. The number of hydrogen-bond acceptors (Lipinski definition) is 5. The van der Waals surface area contributed by atoms with E-state index in [0.29, 0.717) is 18.9 Å². The van der Waals surface area contributed by atoms with Crippen LogP contribution in [0.1, 0.15) is 0 Å². The summed E-state index contributed by atoms with van der Waals surface area (Å²) >= 11 is 1.39. The third-order valence-corrected chi connectivity index (χ3v) is 5.28. The predicted octanol–water partition coefficient (Wildman–Crippen LogP) is 3.34. The Morgan fingerprint density at radius 3 is 2.38 bits per heavy atom. The van der Waals surface area contributed by atoms with Crippen molar-refractivity contribution in [2.45, 2.75) is 4.90 Å². The van der Waals surface area contributed by atoms with Crippen molar-refractivity contribution in [3.8, 4) is 0 Å². The van der Waals surface area contributed by atoms with Crippen molar-refractivity contribution >= 4 is 40.3 Å². The first-order chi connectivity index (χ1) is 12.6. The van der Waals surface area contributed by atoms with Crippen LogP contribution < -0.4 is 9.80 Å². The zero-order valence-corrected chi connectivity index (χ0v) is 15.0. The van der Waals surface area contributed by atoms with Crippen LogP contribution in [0.2, 0.25) is 0 Å². The van der Waals surface area contributed by atoms with Crippen molar-refractivity contribution in [1.29, 1.82) is 0 Å². The van der Waals surface area contributed by atoms with Crippen LogP contribution in [0.15, 0.2) is 53.4 Å². The standard InChI is InChI=1S/C19H17FN4OS/c1-23-10-11-24(17(25)12-26-14-8-6-13(20)7-9-14)19-18(23)21-15-4-2-3-5-16(15)22-19/h2-9H,10-12H2,1H3. The number of amides is 1. The van der Waals surface area contributed by atoms with Crippen molar-refractivity contribution in [3.05, 3.63) is 54.3 Å². The van der Waals surface area contributed by atoms with E-state index in [0.717, 1.165) is 21.7 Å². The Kier molecular flexibility index (Phi) is 4.46. The largest absolute Gasteiger partial charge is 0.355 e. The van der Waals surface area contributed by atoms with Gasteiger partial charge in [0.25, 0.3) is 0 Å². The van der Waals surface area contributed by atoms with E-state index < -0.39 is 0 Å². The predicted molar refractivity (Wildman–Crippen MR) is 102 cm³/mol. The highest BCUT2D eigenvalue weighted by Gasteiger charge is 2.28. The number of nitrogens with zero attached hydrogens (tertiary/aromatic N) is 4. The number of thioether (sulfide) groups is 1. The fraction of sp³-hybridized carbons (Fsp3) is 0.211. The van der Waals surface area contributed by atoms with Crippen molar-refractivity contribution in [3.63, 3.8) is 0 Å². The molecule has 3 aromatic rings. The average molecular weight is 368 g/mol. The summed E-state index contributed by atoms with van der Waals surface area (Å²) in [6.07, 6.45) is 0. The van der Waals surface area contributed by atoms with Crippen LogP contribution in [0.25, 0.3) is 11.0 Å². The topological polar surface area (TPSA) is 49.3 Å². The highest BCUT2D eigenvalue weighted by molar-refractivity contribution is 8.00. The molecule has 132 valence electrons. The molecule has 7 heteroatoms. The minimum Gasteiger partial charge on any atom is -0.355 e. The van der Waals surface area contributed by atoms with E-state index in [9.17, 15) is 9.18 Å². The molecule has 1 aliphatic heterocycles. The van der Waals surface area contributed by atoms with Gasteiger partial charge in [0, 0.05) is 25.0 Å². The number of carbonyl (C=O) groups is 1. The Labute approximate surface area is 154 Å². The van der Waals surface area contributed by atoms with Gasteiger partial charge in [-0.15, -0.1) is 11.8 Å². The summed E-state index contributed by atoms with van der Waals surface area (Å²) in [6.45, 7) is 1.27. The van der Waals surface area contributed by atoms with Crippen LogP contribution in [-0.2, 0) is 4.79 Å². The molecule has 0 bridgehead atoms. The summed E-state index contributed by atoms with van der Waals surface area (Å²) < 4.78 is 13.0. The normalized spacial score (nSPS) is 13.8. The maximum atomic E-state index is 13.0. The minimum absolute atomic E-state index is 0.0294. The molecule has 0 saturated heterocycles. The van der Waals surface area contributed by atoms with E-state index in [4.69, 9.17) is 0 Å². The number of aromatic nitrogens is 2. The van der Waals surface area contributed by atoms with Gasteiger partial charge in [0.15, 0.2) is 11.6 Å². The van der Waals surface area contributed by atoms with Gasteiger partial charge in [0.05, 0.1) is 16.8 Å². The maximum Gasteiger partial charge on any atom is 0.238 e. The number of fused-ring (bicyclic) bond motifs is 2. The zero-order valence-electron chi connectivity index (χ0n) is 14.2. The van der Waals surface area contributed by atoms with Gasteiger partial charge in [0.2, 0.25) is 5.91 Å². The highest BCUT2D eigenvalue weighted by Crippen LogP contribution is 2.31. The Morgan fingerprint density at radius 1 is 1.04 bits per heavy atom. The fourth-order valence-electron chi connectivity index (χ4n) is 2.88. The maximum absolute atomic E-state index is 13.0. The van der Waals surface area contributed by atoms with Crippen LogP contribution >= 0.6 is 11.8 Å². The molecule has 0 radical (unpaired) electrons. The second-order valence-corrected chi connectivity index (χ2v) is 7.12. The number of hydrogen-bond donors (Lipinski definition) is 0. The zero-order chi connectivity index (χ0) is 18.1. The van der Waals surface area contributed by atoms with Crippen molar-refractivity contribution in [2.24, 2.45) is 0 Å². The summed E-state index contributed by atoms with van der Waals surface area (Å²) in [5.74, 6) is 1.27. The lowest BCUT2D eigenvalue weighted by atomic mass is 10.2. The summed E-state index contributed by atoms with van der Waals surface area (Å²) in [4.78, 5) is 26.7. The quantitative estimate of drug-likeness (QED) is 0.664. The van der Waals surface area contributed by atoms with E-state index in [1.807, 2.05) is 36.2 Å². The van der Waals surface area contributed by atoms with Gasteiger partial charge in [-0.1, -0.05) is 12.1 Å². The van der Waals surface area contributed by atoms with Gasteiger partial charge in [-0.05, 0) is 36.4 Å². The molecule has 5 nitrogen and oxygen atoms in total. The van der Waals surface area contributed by atoms with E-state index in [2.05, 4.69) is 9.97 Å². The molecule has 1 aromatic heterocycles. The lowest BCUT2D eigenvalue weighted by molar-refractivity contribution is -0.116. The lowest BCUT2D eigenvalue weighted by Crippen LogP contribution is -2.44. The number of rotatable bonds is 3. The summed E-state index contributed by atoms with van der Waals surface area (Å²) in [6, 6.07) is 13.8. The van der Waals surface area contributed by atoms with Crippen molar-refractivity contribution in [2.75, 3.05) is 35.7 Å². The molecule has 2 aromatic carbocycles. The first-order valence-corrected chi connectivity index (χ1v) is 9.27. The third-order valence-electron chi connectivity index (χ3n) is 4.29. The van der Waals surface area contributed by atoms with Crippen molar-refractivity contribution in [1.82, 2.24) is 9.97 Å². The molecule has 0 N–H and O–H groups in total.